The second-order valence-electron chi connectivity index (χ2n) is 5.29. The number of hydrogen-bond donors (Lipinski definition) is 5. The molecule has 11 heteroatoms. The molecule has 0 radical (unpaired) electrons. The van der Waals surface area contributed by atoms with E-state index in [9.17, 15) is 30.0 Å². The molecular formula is C16H13N3O8. The first-order valence-corrected chi connectivity index (χ1v) is 7.31. The third-order valence-corrected chi connectivity index (χ3v) is 3.37. The lowest BCUT2D eigenvalue weighted by molar-refractivity contribution is 0.0376. The SMILES string of the molecule is Nc1cc(C(=O)On2c(O)ccc2O)cc(C(=O)On2c(O)ccc2O)c1. The highest BCUT2D eigenvalue weighted by molar-refractivity contribution is 5.97. The van der Waals surface area contributed by atoms with Crippen molar-refractivity contribution in [2.45, 2.75) is 0 Å². The number of nitrogens with two attached hydrogens (primary N) is 1. The molecule has 0 saturated carbocycles. The molecule has 0 fully saturated rings. The number of hydrogen-bond acceptors (Lipinski definition) is 9. The Bertz CT molecular complexity index is 919. The summed E-state index contributed by atoms with van der Waals surface area (Å²) in [5, 5.41) is 38.0. The summed E-state index contributed by atoms with van der Waals surface area (Å²) in [5.41, 5.74) is 5.32. The maximum atomic E-state index is 12.2. The van der Waals surface area contributed by atoms with Gasteiger partial charge in [0.25, 0.3) is 0 Å². The first kappa shape index (κ1) is 17.5. The zero-order valence-corrected chi connectivity index (χ0v) is 13.4. The number of aromatic hydroxyl groups is 4. The van der Waals surface area contributed by atoms with Crippen molar-refractivity contribution in [3.8, 4) is 23.5 Å². The van der Waals surface area contributed by atoms with Gasteiger partial charge in [0.15, 0.2) is 0 Å². The fourth-order valence-corrected chi connectivity index (χ4v) is 2.15. The number of aromatic nitrogens is 2. The van der Waals surface area contributed by atoms with Gasteiger partial charge >= 0.3 is 11.9 Å². The Morgan fingerprint density at radius 2 is 1.04 bits per heavy atom. The monoisotopic (exact) mass is 375 g/mol. The van der Waals surface area contributed by atoms with Crippen LogP contribution in [0.15, 0.2) is 42.5 Å². The Hall–Kier alpha value is -4.28. The van der Waals surface area contributed by atoms with E-state index in [0.717, 1.165) is 30.3 Å². The Kier molecular flexibility index (Phi) is 4.26. The van der Waals surface area contributed by atoms with Gasteiger partial charge in [-0.25, -0.2) is 9.59 Å². The number of carbonyl (C=O) groups is 2. The van der Waals surface area contributed by atoms with Gasteiger partial charge in [0.1, 0.15) is 0 Å². The zero-order valence-electron chi connectivity index (χ0n) is 13.4. The molecule has 0 aliphatic heterocycles. The molecule has 3 aromatic rings. The van der Waals surface area contributed by atoms with Gasteiger partial charge in [0.05, 0.1) is 11.1 Å². The van der Waals surface area contributed by atoms with Crippen molar-refractivity contribution in [1.82, 2.24) is 9.46 Å². The quantitative estimate of drug-likeness (QED) is 0.401. The van der Waals surface area contributed by atoms with Crippen molar-refractivity contribution < 1.29 is 39.7 Å². The van der Waals surface area contributed by atoms with E-state index in [2.05, 4.69) is 0 Å². The highest BCUT2D eigenvalue weighted by Crippen LogP contribution is 2.22. The van der Waals surface area contributed by atoms with Gasteiger partial charge in [-0.05, 0) is 18.2 Å². The van der Waals surface area contributed by atoms with Crippen LogP contribution in [0.25, 0.3) is 0 Å². The molecule has 0 aliphatic rings. The summed E-state index contributed by atoms with van der Waals surface area (Å²) in [6, 6.07) is 7.86. The van der Waals surface area contributed by atoms with E-state index in [-0.39, 0.29) is 16.8 Å². The van der Waals surface area contributed by atoms with Crippen LogP contribution in [0, 0.1) is 0 Å². The summed E-state index contributed by atoms with van der Waals surface area (Å²) in [4.78, 5) is 34.1. The highest BCUT2D eigenvalue weighted by atomic mass is 16.7. The van der Waals surface area contributed by atoms with E-state index >= 15 is 0 Å². The van der Waals surface area contributed by atoms with E-state index in [1.807, 2.05) is 0 Å². The van der Waals surface area contributed by atoms with Crippen LogP contribution in [0.4, 0.5) is 5.69 Å². The smallest absolute Gasteiger partial charge is 0.364 e. The molecule has 0 bridgehead atoms. The maximum absolute atomic E-state index is 12.2. The Labute approximate surface area is 150 Å². The molecule has 6 N–H and O–H groups in total. The van der Waals surface area contributed by atoms with Gasteiger partial charge in [-0.15, -0.1) is 9.46 Å². The predicted octanol–water partition coefficient (Wildman–Crippen LogP) is 0.232. The zero-order chi connectivity index (χ0) is 19.7. The van der Waals surface area contributed by atoms with Crippen LogP contribution in [0.5, 0.6) is 23.5 Å². The van der Waals surface area contributed by atoms with Crippen LogP contribution < -0.4 is 15.4 Å². The molecule has 1 aromatic carbocycles. The number of anilines is 1. The van der Waals surface area contributed by atoms with E-state index in [4.69, 9.17) is 15.4 Å². The molecule has 0 aliphatic carbocycles. The standard InChI is InChI=1S/C16H13N3O8/c17-10-6-8(15(24)26-18-11(20)1-2-12(18)21)5-9(7-10)16(25)27-19-13(22)3-4-14(19)23/h1-7,20-23H,17H2. The lowest BCUT2D eigenvalue weighted by Crippen LogP contribution is -2.22. The summed E-state index contributed by atoms with van der Waals surface area (Å²) in [6.07, 6.45) is 0. The highest BCUT2D eigenvalue weighted by Gasteiger charge is 2.19. The normalized spacial score (nSPS) is 10.5. The van der Waals surface area contributed by atoms with Crippen LogP contribution in [-0.2, 0) is 0 Å². The molecular weight excluding hydrogens is 362 g/mol. The second kappa shape index (κ2) is 6.55. The minimum Gasteiger partial charge on any atom is -0.492 e. The summed E-state index contributed by atoms with van der Waals surface area (Å²) in [5.74, 6) is -4.17. The predicted molar refractivity (Wildman–Crippen MR) is 88.2 cm³/mol. The van der Waals surface area contributed by atoms with Crippen molar-refractivity contribution in [1.29, 1.82) is 0 Å². The molecule has 2 heterocycles. The Morgan fingerprint density at radius 1 is 0.704 bits per heavy atom. The number of rotatable bonds is 4. The van der Waals surface area contributed by atoms with Gasteiger partial charge in [0.2, 0.25) is 23.5 Å². The van der Waals surface area contributed by atoms with Gasteiger partial charge in [0, 0.05) is 30.0 Å². The first-order valence-electron chi connectivity index (χ1n) is 7.31. The van der Waals surface area contributed by atoms with Gasteiger partial charge in [-0.1, -0.05) is 0 Å². The Balaban J connectivity index is 1.85. The fourth-order valence-electron chi connectivity index (χ4n) is 2.15. The van der Waals surface area contributed by atoms with E-state index in [1.54, 1.807) is 0 Å². The summed E-state index contributed by atoms with van der Waals surface area (Å²) < 4.78 is 0.943. The van der Waals surface area contributed by atoms with Gasteiger partial charge in [-0.3, -0.25) is 0 Å². The van der Waals surface area contributed by atoms with E-state index in [1.165, 1.54) is 12.1 Å². The summed E-state index contributed by atoms with van der Waals surface area (Å²) in [7, 11) is 0. The maximum Gasteiger partial charge on any atom is 0.364 e. The number of nitrogens with zero attached hydrogens (tertiary/aromatic N) is 2. The second-order valence-corrected chi connectivity index (χ2v) is 5.29. The molecule has 0 spiro atoms. The topological polar surface area (TPSA) is 169 Å². The van der Waals surface area contributed by atoms with Crippen LogP contribution in [0.3, 0.4) is 0 Å². The van der Waals surface area contributed by atoms with Crippen molar-refractivity contribution in [2.75, 3.05) is 5.73 Å². The summed E-state index contributed by atoms with van der Waals surface area (Å²) in [6.45, 7) is 0. The minimum atomic E-state index is -1.04. The van der Waals surface area contributed by atoms with Gasteiger partial charge in [-0.2, -0.15) is 0 Å². The largest absolute Gasteiger partial charge is 0.492 e. The third-order valence-electron chi connectivity index (χ3n) is 3.37. The molecule has 3 rings (SSSR count). The van der Waals surface area contributed by atoms with Crippen LogP contribution in [-0.4, -0.2) is 41.8 Å². The minimum absolute atomic E-state index is 0.0123. The van der Waals surface area contributed by atoms with Crippen LogP contribution in [0.2, 0.25) is 0 Å². The number of carbonyl (C=O) groups excluding carboxylic acids is 2. The molecule has 0 amide bonds. The average Bonchev–Trinajstić information content (AvgIpc) is 3.11. The molecule has 0 saturated heterocycles. The lowest BCUT2D eigenvalue weighted by Gasteiger charge is -2.10. The number of nitrogen functional groups attached to an aromatic ring is 1. The van der Waals surface area contributed by atoms with Crippen molar-refractivity contribution in [2.24, 2.45) is 0 Å². The van der Waals surface area contributed by atoms with Crippen molar-refractivity contribution in [3.63, 3.8) is 0 Å². The third kappa shape index (κ3) is 3.42. The van der Waals surface area contributed by atoms with Crippen LogP contribution >= 0.6 is 0 Å². The Morgan fingerprint density at radius 3 is 1.37 bits per heavy atom. The molecule has 140 valence electrons. The molecule has 0 unspecified atom stereocenters. The van der Waals surface area contributed by atoms with E-state index < -0.39 is 35.5 Å². The fraction of sp³-hybridized carbons (Fsp3) is 0. The van der Waals surface area contributed by atoms with Crippen molar-refractivity contribution in [3.05, 3.63) is 53.6 Å². The van der Waals surface area contributed by atoms with E-state index in [0.29, 0.717) is 9.46 Å². The average molecular weight is 375 g/mol. The lowest BCUT2D eigenvalue weighted by atomic mass is 10.1. The molecule has 2 aromatic heterocycles. The molecule has 11 nitrogen and oxygen atoms in total. The van der Waals surface area contributed by atoms with Gasteiger partial charge < -0.3 is 35.8 Å². The summed E-state index contributed by atoms with van der Waals surface area (Å²) >= 11 is 0. The van der Waals surface area contributed by atoms with Crippen molar-refractivity contribution >= 4 is 17.6 Å². The number of benzene rings is 1. The van der Waals surface area contributed by atoms with Crippen LogP contribution in [0.1, 0.15) is 20.7 Å². The molecule has 0 atom stereocenters. The molecule has 27 heavy (non-hydrogen) atoms. The first-order chi connectivity index (χ1) is 12.8.